The Hall–Kier alpha value is -1.60. The van der Waals surface area contributed by atoms with Crippen molar-refractivity contribution in [3.8, 4) is 0 Å². The van der Waals surface area contributed by atoms with E-state index >= 15 is 0 Å². The molecule has 7 nitrogen and oxygen atoms in total. The number of anilines is 1. The number of aromatic nitrogens is 2. The number of nitrogens with one attached hydrogen (secondary N) is 2. The molecular weight excluding hydrogens is 318 g/mol. The smallest absolute Gasteiger partial charge is 0.237 e. The van der Waals surface area contributed by atoms with Crippen molar-refractivity contribution in [2.45, 2.75) is 58.2 Å². The molecular formula is C18H31N5O2. The molecule has 140 valence electrons. The van der Waals surface area contributed by atoms with Crippen LogP contribution in [0.5, 0.6) is 0 Å². The fraction of sp³-hybridized carbons (Fsp3) is 0.778. The first kappa shape index (κ1) is 18.2. The summed E-state index contributed by atoms with van der Waals surface area (Å²) in [5.41, 5.74) is 2.19. The number of nitrogens with zero attached hydrogens (tertiary/aromatic N) is 3. The van der Waals surface area contributed by atoms with Crippen LogP contribution >= 0.6 is 0 Å². The van der Waals surface area contributed by atoms with Crippen LogP contribution in [0.3, 0.4) is 0 Å². The van der Waals surface area contributed by atoms with E-state index in [-0.39, 0.29) is 11.9 Å². The molecule has 1 unspecified atom stereocenters. The predicted molar refractivity (Wildman–Crippen MR) is 97.7 cm³/mol. The van der Waals surface area contributed by atoms with Crippen LogP contribution in [-0.4, -0.2) is 54.1 Å². The highest BCUT2D eigenvalue weighted by molar-refractivity contribution is 5.81. The normalized spacial score (nSPS) is 20.0. The number of morpholine rings is 1. The first-order valence-electron chi connectivity index (χ1n) is 9.45. The molecule has 2 aliphatic rings. The third-order valence-electron chi connectivity index (χ3n) is 5.30. The van der Waals surface area contributed by atoms with Gasteiger partial charge < -0.3 is 20.3 Å². The highest BCUT2D eigenvalue weighted by Gasteiger charge is 2.24. The van der Waals surface area contributed by atoms with Crippen LogP contribution in [0, 0.1) is 6.92 Å². The fourth-order valence-corrected chi connectivity index (χ4v) is 3.81. The van der Waals surface area contributed by atoms with Gasteiger partial charge in [-0.05, 0) is 26.7 Å². The molecule has 0 aromatic carbocycles. The maximum absolute atomic E-state index is 12.4. The molecule has 1 aliphatic carbocycles. The highest BCUT2D eigenvalue weighted by atomic mass is 16.5. The summed E-state index contributed by atoms with van der Waals surface area (Å²) in [6, 6.07) is 0.151. The summed E-state index contributed by atoms with van der Waals surface area (Å²) in [6.45, 7) is 7.86. The van der Waals surface area contributed by atoms with E-state index in [0.717, 1.165) is 50.7 Å². The van der Waals surface area contributed by atoms with Crippen LogP contribution in [0.25, 0.3) is 0 Å². The van der Waals surface area contributed by atoms with Crippen molar-refractivity contribution in [1.29, 1.82) is 0 Å². The molecule has 7 heteroatoms. The first-order valence-corrected chi connectivity index (χ1v) is 9.45. The van der Waals surface area contributed by atoms with Crippen molar-refractivity contribution >= 4 is 11.7 Å². The Balaban J connectivity index is 1.61. The van der Waals surface area contributed by atoms with Crippen LogP contribution in [0.4, 0.5) is 5.82 Å². The summed E-state index contributed by atoms with van der Waals surface area (Å²) in [4.78, 5) is 14.7. The van der Waals surface area contributed by atoms with E-state index in [0.29, 0.717) is 12.6 Å². The molecule has 2 fully saturated rings. The van der Waals surface area contributed by atoms with Crippen LogP contribution in [0.2, 0.25) is 0 Å². The minimum atomic E-state index is -0.210. The average Bonchev–Trinajstić information content (AvgIpc) is 3.20. The predicted octanol–water partition coefficient (Wildman–Crippen LogP) is 1.10. The molecule has 0 spiro atoms. The van der Waals surface area contributed by atoms with E-state index < -0.39 is 0 Å². The summed E-state index contributed by atoms with van der Waals surface area (Å²) in [6.07, 6.45) is 4.68. The molecule has 1 atom stereocenters. The number of aryl methyl sites for hydroxylation is 2. The SMILES string of the molecule is Cc1nn(C)c(N2CCOCC2)c1CNC(C)C(=O)NC1CCCC1. The molecule has 3 rings (SSSR count). The largest absolute Gasteiger partial charge is 0.378 e. The monoisotopic (exact) mass is 349 g/mol. The summed E-state index contributed by atoms with van der Waals surface area (Å²) >= 11 is 0. The Morgan fingerprint density at radius 2 is 2.00 bits per heavy atom. The number of hydrogen-bond donors (Lipinski definition) is 2. The quantitative estimate of drug-likeness (QED) is 0.805. The fourth-order valence-electron chi connectivity index (χ4n) is 3.81. The van der Waals surface area contributed by atoms with E-state index in [2.05, 4.69) is 20.6 Å². The molecule has 0 radical (unpaired) electrons. The first-order chi connectivity index (χ1) is 12.1. The van der Waals surface area contributed by atoms with Crippen molar-refractivity contribution in [2.24, 2.45) is 7.05 Å². The van der Waals surface area contributed by atoms with Gasteiger partial charge in [-0.2, -0.15) is 5.10 Å². The summed E-state index contributed by atoms with van der Waals surface area (Å²) in [5, 5.41) is 11.1. The average molecular weight is 349 g/mol. The topological polar surface area (TPSA) is 71.4 Å². The van der Waals surface area contributed by atoms with Crippen molar-refractivity contribution in [3.63, 3.8) is 0 Å². The van der Waals surface area contributed by atoms with Gasteiger partial charge in [0, 0.05) is 38.3 Å². The standard InChI is InChI=1S/C18H31N5O2/c1-13-16(18(22(3)21-13)23-8-10-25-11-9-23)12-19-14(2)17(24)20-15-6-4-5-7-15/h14-15,19H,4-12H2,1-3H3,(H,20,24). The van der Waals surface area contributed by atoms with E-state index in [1.165, 1.54) is 18.4 Å². The van der Waals surface area contributed by atoms with Gasteiger partial charge in [-0.15, -0.1) is 0 Å². The van der Waals surface area contributed by atoms with E-state index in [9.17, 15) is 4.79 Å². The van der Waals surface area contributed by atoms with Gasteiger partial charge in [-0.3, -0.25) is 9.48 Å². The van der Waals surface area contributed by atoms with E-state index in [1.54, 1.807) is 0 Å². The van der Waals surface area contributed by atoms with Gasteiger partial charge in [0.05, 0.1) is 24.9 Å². The van der Waals surface area contributed by atoms with Gasteiger partial charge in [-0.1, -0.05) is 12.8 Å². The van der Waals surface area contributed by atoms with Gasteiger partial charge in [-0.25, -0.2) is 0 Å². The maximum atomic E-state index is 12.4. The number of carbonyl (C=O) groups is 1. The second-order valence-electron chi connectivity index (χ2n) is 7.20. The minimum absolute atomic E-state index is 0.0985. The van der Waals surface area contributed by atoms with Crippen LogP contribution in [0.15, 0.2) is 0 Å². The zero-order chi connectivity index (χ0) is 17.8. The van der Waals surface area contributed by atoms with Crippen molar-refractivity contribution in [1.82, 2.24) is 20.4 Å². The van der Waals surface area contributed by atoms with Gasteiger partial charge >= 0.3 is 0 Å². The second-order valence-corrected chi connectivity index (χ2v) is 7.20. The van der Waals surface area contributed by atoms with E-state index in [4.69, 9.17) is 4.74 Å². The molecule has 0 bridgehead atoms. The molecule has 1 saturated heterocycles. The molecule has 1 amide bonds. The third kappa shape index (κ3) is 4.33. The van der Waals surface area contributed by atoms with Crippen LogP contribution < -0.4 is 15.5 Å². The maximum Gasteiger partial charge on any atom is 0.237 e. The number of rotatable bonds is 6. The lowest BCUT2D eigenvalue weighted by Gasteiger charge is -2.29. The van der Waals surface area contributed by atoms with Crippen molar-refractivity contribution in [2.75, 3.05) is 31.2 Å². The van der Waals surface area contributed by atoms with Crippen molar-refractivity contribution in [3.05, 3.63) is 11.3 Å². The van der Waals surface area contributed by atoms with Gasteiger partial charge in [0.15, 0.2) is 0 Å². The number of hydrogen-bond acceptors (Lipinski definition) is 5. The zero-order valence-electron chi connectivity index (χ0n) is 15.7. The minimum Gasteiger partial charge on any atom is -0.378 e. The second kappa shape index (κ2) is 8.19. The molecule has 1 aromatic rings. The van der Waals surface area contributed by atoms with Gasteiger partial charge in [0.1, 0.15) is 5.82 Å². The van der Waals surface area contributed by atoms with Gasteiger partial charge in [0.2, 0.25) is 5.91 Å². The lowest BCUT2D eigenvalue weighted by molar-refractivity contribution is -0.123. The number of ether oxygens (including phenoxy) is 1. The molecule has 25 heavy (non-hydrogen) atoms. The Bertz CT molecular complexity index is 589. The van der Waals surface area contributed by atoms with E-state index in [1.807, 2.05) is 25.6 Å². The Morgan fingerprint density at radius 1 is 1.32 bits per heavy atom. The summed E-state index contributed by atoms with van der Waals surface area (Å²) in [7, 11) is 1.98. The number of carbonyl (C=O) groups excluding carboxylic acids is 1. The van der Waals surface area contributed by atoms with Gasteiger partial charge in [0.25, 0.3) is 0 Å². The lowest BCUT2D eigenvalue weighted by Crippen LogP contribution is -2.45. The Morgan fingerprint density at radius 3 is 2.68 bits per heavy atom. The number of amides is 1. The highest BCUT2D eigenvalue weighted by Crippen LogP contribution is 2.24. The third-order valence-corrected chi connectivity index (χ3v) is 5.30. The zero-order valence-corrected chi connectivity index (χ0v) is 15.7. The van der Waals surface area contributed by atoms with Crippen LogP contribution in [0.1, 0.15) is 43.9 Å². The van der Waals surface area contributed by atoms with Crippen LogP contribution in [-0.2, 0) is 23.1 Å². The molecule has 1 aromatic heterocycles. The molecule has 2 N–H and O–H groups in total. The lowest BCUT2D eigenvalue weighted by atomic mass is 10.2. The Labute approximate surface area is 150 Å². The summed E-state index contributed by atoms with van der Waals surface area (Å²) in [5.74, 6) is 1.23. The molecule has 1 aliphatic heterocycles. The summed E-state index contributed by atoms with van der Waals surface area (Å²) < 4.78 is 7.41. The Kier molecular flexibility index (Phi) is 5.96. The molecule has 1 saturated carbocycles. The van der Waals surface area contributed by atoms with Crippen molar-refractivity contribution < 1.29 is 9.53 Å². The molecule has 2 heterocycles.